The lowest BCUT2D eigenvalue weighted by Gasteiger charge is -2.42. The Morgan fingerprint density at radius 1 is 1.19 bits per heavy atom. The quantitative estimate of drug-likeness (QED) is 0.668. The fourth-order valence-electron chi connectivity index (χ4n) is 2.86. The molecule has 2 nitrogen and oxygen atoms in total. The van der Waals surface area contributed by atoms with E-state index in [0.29, 0.717) is 0 Å². The maximum atomic E-state index is 11.2. The van der Waals surface area contributed by atoms with Crippen LogP contribution in [0.1, 0.15) is 46.5 Å². The number of allylic oxidation sites excluding steroid dienone is 2. The molecule has 2 aliphatic rings. The van der Waals surface area contributed by atoms with E-state index in [1.807, 2.05) is 0 Å². The van der Waals surface area contributed by atoms with Gasteiger partial charge in [-0.15, -0.1) is 0 Å². The molecule has 0 saturated carbocycles. The molecular weight excluding hydrogens is 198 g/mol. The van der Waals surface area contributed by atoms with Crippen LogP contribution in [-0.2, 0) is 4.79 Å². The molecule has 16 heavy (non-hydrogen) atoms. The van der Waals surface area contributed by atoms with Crippen LogP contribution in [0.3, 0.4) is 0 Å². The van der Waals surface area contributed by atoms with E-state index < -0.39 is 0 Å². The highest BCUT2D eigenvalue weighted by molar-refractivity contribution is 5.63. The van der Waals surface area contributed by atoms with Gasteiger partial charge in [0.15, 0.2) is 0 Å². The summed E-state index contributed by atoms with van der Waals surface area (Å²) in [6.45, 7) is 9.02. The first kappa shape index (κ1) is 11.7. The summed E-state index contributed by atoms with van der Waals surface area (Å²) in [5.74, 6) is 0. The van der Waals surface area contributed by atoms with Gasteiger partial charge in [0.05, 0.1) is 0 Å². The predicted octanol–water partition coefficient (Wildman–Crippen LogP) is 2.99. The highest BCUT2D eigenvalue weighted by atomic mass is 16.1. The first-order chi connectivity index (χ1) is 7.47. The minimum absolute atomic E-state index is 0.229. The number of rotatable bonds is 2. The predicted molar refractivity (Wildman–Crippen MR) is 66.1 cm³/mol. The number of aldehydes is 1. The van der Waals surface area contributed by atoms with E-state index in [2.05, 4.69) is 31.7 Å². The van der Waals surface area contributed by atoms with Gasteiger partial charge in [-0.25, -0.2) is 0 Å². The third-order valence-corrected chi connectivity index (χ3v) is 4.16. The normalized spacial score (nSPS) is 33.7. The van der Waals surface area contributed by atoms with Gasteiger partial charge in [0.1, 0.15) is 6.29 Å². The summed E-state index contributed by atoms with van der Waals surface area (Å²) in [5, 5.41) is 0. The molecule has 2 heteroatoms. The molecule has 0 N–H and O–H groups in total. The van der Waals surface area contributed by atoms with Crippen molar-refractivity contribution >= 4 is 6.29 Å². The molecule has 1 unspecified atom stereocenters. The molecule has 0 spiro atoms. The van der Waals surface area contributed by atoms with Gasteiger partial charge in [0, 0.05) is 29.6 Å². The van der Waals surface area contributed by atoms with Crippen LogP contribution < -0.4 is 0 Å². The minimum Gasteiger partial charge on any atom is -0.375 e. The third-order valence-electron chi connectivity index (χ3n) is 4.16. The second-order valence-corrected chi connectivity index (χ2v) is 6.23. The number of hydrogen-bond donors (Lipinski definition) is 0. The van der Waals surface area contributed by atoms with E-state index in [0.717, 1.165) is 19.1 Å². The average molecular weight is 221 g/mol. The molecular formula is C14H23NO. The van der Waals surface area contributed by atoms with Gasteiger partial charge in [-0.2, -0.15) is 0 Å². The molecule has 90 valence electrons. The molecule has 0 aromatic rings. The summed E-state index contributed by atoms with van der Waals surface area (Å²) in [7, 11) is 0. The van der Waals surface area contributed by atoms with Gasteiger partial charge in [-0.1, -0.05) is 19.9 Å². The van der Waals surface area contributed by atoms with Gasteiger partial charge in [-0.05, 0) is 32.6 Å². The Bertz CT molecular complexity index is 313. The second-order valence-electron chi connectivity index (χ2n) is 6.23. The lowest BCUT2D eigenvalue weighted by atomic mass is 9.69. The summed E-state index contributed by atoms with van der Waals surface area (Å²) in [4.78, 5) is 13.7. The van der Waals surface area contributed by atoms with Gasteiger partial charge in [0.25, 0.3) is 0 Å². The van der Waals surface area contributed by atoms with E-state index in [1.165, 1.54) is 31.6 Å². The Labute approximate surface area is 98.7 Å². The van der Waals surface area contributed by atoms with Crippen LogP contribution in [0, 0.1) is 10.8 Å². The van der Waals surface area contributed by atoms with Crippen LogP contribution in [0.4, 0.5) is 0 Å². The Morgan fingerprint density at radius 2 is 1.81 bits per heavy atom. The van der Waals surface area contributed by atoms with Crippen LogP contribution in [0.25, 0.3) is 0 Å². The Balaban J connectivity index is 2.31. The Kier molecular flexibility index (Phi) is 2.85. The zero-order valence-electron chi connectivity index (χ0n) is 10.8. The molecule has 1 fully saturated rings. The molecule has 0 amide bonds. The van der Waals surface area contributed by atoms with Crippen molar-refractivity contribution in [2.45, 2.75) is 46.5 Å². The molecule has 0 radical (unpaired) electrons. The van der Waals surface area contributed by atoms with Gasteiger partial charge in [0.2, 0.25) is 0 Å². The number of hydrogen-bond acceptors (Lipinski definition) is 2. The second kappa shape index (κ2) is 3.90. The smallest absolute Gasteiger partial charge is 0.129 e. The van der Waals surface area contributed by atoms with Crippen molar-refractivity contribution in [3.8, 4) is 0 Å². The monoisotopic (exact) mass is 221 g/mol. The van der Waals surface area contributed by atoms with Gasteiger partial charge >= 0.3 is 0 Å². The van der Waals surface area contributed by atoms with E-state index >= 15 is 0 Å². The van der Waals surface area contributed by atoms with Crippen LogP contribution in [-0.4, -0.2) is 24.3 Å². The van der Waals surface area contributed by atoms with Gasteiger partial charge in [-0.3, -0.25) is 0 Å². The molecule has 1 aliphatic heterocycles. The number of carbonyl (C=O) groups is 1. The fourth-order valence-corrected chi connectivity index (χ4v) is 2.86. The first-order valence-corrected chi connectivity index (χ1v) is 6.41. The zero-order valence-corrected chi connectivity index (χ0v) is 10.8. The van der Waals surface area contributed by atoms with Crippen molar-refractivity contribution in [2.75, 3.05) is 13.1 Å². The average Bonchev–Trinajstić information content (AvgIpc) is 2.75. The van der Waals surface area contributed by atoms with E-state index in [-0.39, 0.29) is 10.8 Å². The van der Waals surface area contributed by atoms with Crippen LogP contribution in [0.15, 0.2) is 11.8 Å². The minimum atomic E-state index is -0.229. The van der Waals surface area contributed by atoms with Crippen molar-refractivity contribution < 1.29 is 4.79 Å². The molecule has 1 heterocycles. The number of likely N-dealkylation sites (tertiary alicyclic amines) is 1. The summed E-state index contributed by atoms with van der Waals surface area (Å²) in [6, 6.07) is 0. The molecule has 1 saturated heterocycles. The maximum Gasteiger partial charge on any atom is 0.129 e. The van der Waals surface area contributed by atoms with Crippen molar-refractivity contribution in [1.29, 1.82) is 0 Å². The lowest BCUT2D eigenvalue weighted by molar-refractivity contribution is -0.114. The van der Waals surface area contributed by atoms with Crippen molar-refractivity contribution in [3.63, 3.8) is 0 Å². The highest BCUT2D eigenvalue weighted by Gasteiger charge is 2.38. The van der Waals surface area contributed by atoms with E-state index in [9.17, 15) is 4.79 Å². The van der Waals surface area contributed by atoms with E-state index in [1.54, 1.807) is 0 Å². The SMILES string of the molecule is CC1(C=O)C=C(N2CCCC2)C(C)(C)CC1. The number of carbonyl (C=O) groups excluding carboxylic acids is 1. The molecule has 0 bridgehead atoms. The zero-order chi connectivity index (χ0) is 11.8. The van der Waals surface area contributed by atoms with Crippen LogP contribution >= 0.6 is 0 Å². The maximum absolute atomic E-state index is 11.2. The van der Waals surface area contributed by atoms with Crippen molar-refractivity contribution in [3.05, 3.63) is 11.8 Å². The first-order valence-electron chi connectivity index (χ1n) is 6.41. The Morgan fingerprint density at radius 3 is 2.38 bits per heavy atom. The topological polar surface area (TPSA) is 20.3 Å². The third kappa shape index (κ3) is 2.02. The standard InChI is InChI=1S/C14H23NO/c1-13(2)6-7-14(3,11-16)10-12(13)15-8-4-5-9-15/h10-11H,4-9H2,1-3H3. The largest absolute Gasteiger partial charge is 0.375 e. The summed E-state index contributed by atoms with van der Waals surface area (Å²) in [5.41, 5.74) is 1.42. The molecule has 0 aromatic carbocycles. The lowest BCUT2D eigenvalue weighted by Crippen LogP contribution is -2.36. The molecule has 0 aromatic heterocycles. The molecule has 2 rings (SSSR count). The van der Waals surface area contributed by atoms with E-state index in [4.69, 9.17) is 0 Å². The van der Waals surface area contributed by atoms with Crippen molar-refractivity contribution in [1.82, 2.24) is 4.90 Å². The molecule has 1 atom stereocenters. The highest BCUT2D eigenvalue weighted by Crippen LogP contribution is 2.45. The van der Waals surface area contributed by atoms with Crippen molar-refractivity contribution in [2.24, 2.45) is 10.8 Å². The molecule has 1 aliphatic carbocycles. The summed E-state index contributed by atoms with van der Waals surface area (Å²) >= 11 is 0. The number of nitrogens with zero attached hydrogens (tertiary/aromatic N) is 1. The fraction of sp³-hybridized carbons (Fsp3) is 0.786. The summed E-state index contributed by atoms with van der Waals surface area (Å²) in [6.07, 6.45) is 8.05. The van der Waals surface area contributed by atoms with Crippen LogP contribution in [0.2, 0.25) is 0 Å². The van der Waals surface area contributed by atoms with Gasteiger partial charge < -0.3 is 9.69 Å². The summed E-state index contributed by atoms with van der Waals surface area (Å²) < 4.78 is 0. The Hall–Kier alpha value is -0.790. The van der Waals surface area contributed by atoms with Crippen LogP contribution in [0.5, 0.6) is 0 Å².